The number of hydrogen-bond acceptors (Lipinski definition) is 6. The average Bonchev–Trinajstić information content (AvgIpc) is 3.14. The number of aromatic nitrogens is 2. The van der Waals surface area contributed by atoms with Crippen LogP contribution in [0, 0.1) is 0 Å². The van der Waals surface area contributed by atoms with E-state index in [1.807, 2.05) is 52.0 Å². The number of carbonyl (C=O) groups excluding carboxylic acids is 1. The van der Waals surface area contributed by atoms with Crippen molar-refractivity contribution in [2.75, 3.05) is 13.7 Å². The summed E-state index contributed by atoms with van der Waals surface area (Å²) in [7, 11) is 0.937. The SMILES string of the molecule is CCOC(=O)c1c(B2OC(C)(C)C(C)(C)O2)cnn1Cc1ccc(OC)cc1. The average molecular weight is 386 g/mol. The third-order valence-corrected chi connectivity index (χ3v) is 5.34. The van der Waals surface area contributed by atoms with Gasteiger partial charge in [-0.2, -0.15) is 5.10 Å². The molecule has 1 fully saturated rings. The topological polar surface area (TPSA) is 71.8 Å². The summed E-state index contributed by atoms with van der Waals surface area (Å²) in [6.45, 7) is 10.3. The van der Waals surface area contributed by atoms with E-state index in [1.54, 1.807) is 24.9 Å². The van der Waals surface area contributed by atoms with Crippen LogP contribution >= 0.6 is 0 Å². The molecular formula is C20H27BN2O5. The Morgan fingerprint density at radius 2 is 1.75 bits per heavy atom. The van der Waals surface area contributed by atoms with Gasteiger partial charge in [0, 0.05) is 11.7 Å². The summed E-state index contributed by atoms with van der Waals surface area (Å²) < 4.78 is 24.3. The fourth-order valence-corrected chi connectivity index (χ4v) is 2.99. The smallest absolute Gasteiger partial charge is 0.497 e. The summed E-state index contributed by atoms with van der Waals surface area (Å²) in [5.74, 6) is 0.325. The van der Waals surface area contributed by atoms with Crippen molar-refractivity contribution in [3.63, 3.8) is 0 Å². The zero-order valence-corrected chi connectivity index (χ0v) is 17.3. The van der Waals surface area contributed by atoms with E-state index in [4.69, 9.17) is 18.8 Å². The fraction of sp³-hybridized carbons (Fsp3) is 0.500. The summed E-state index contributed by atoms with van der Waals surface area (Å²) in [6.07, 6.45) is 1.62. The lowest BCUT2D eigenvalue weighted by Crippen LogP contribution is -2.41. The summed E-state index contributed by atoms with van der Waals surface area (Å²) in [4.78, 5) is 12.7. The molecule has 0 unspecified atom stereocenters. The molecule has 150 valence electrons. The van der Waals surface area contributed by atoms with Gasteiger partial charge in [-0.25, -0.2) is 4.79 Å². The summed E-state index contributed by atoms with van der Waals surface area (Å²) in [5.41, 5.74) is 0.875. The number of nitrogens with zero attached hydrogens (tertiary/aromatic N) is 2. The fourth-order valence-electron chi connectivity index (χ4n) is 2.99. The van der Waals surface area contributed by atoms with Crippen LogP contribution in [0.5, 0.6) is 5.75 Å². The first-order valence-corrected chi connectivity index (χ1v) is 9.40. The second kappa shape index (κ2) is 7.60. The van der Waals surface area contributed by atoms with Crippen LogP contribution in [0.25, 0.3) is 0 Å². The lowest BCUT2D eigenvalue weighted by atomic mass is 9.79. The molecule has 2 heterocycles. The molecule has 28 heavy (non-hydrogen) atoms. The molecule has 0 amide bonds. The van der Waals surface area contributed by atoms with Crippen LogP contribution < -0.4 is 10.2 Å². The van der Waals surface area contributed by atoms with E-state index in [0.717, 1.165) is 11.3 Å². The van der Waals surface area contributed by atoms with Gasteiger partial charge in [0.25, 0.3) is 0 Å². The maximum Gasteiger partial charge on any atom is 0.498 e. The van der Waals surface area contributed by atoms with Gasteiger partial charge in [0.2, 0.25) is 0 Å². The Hall–Kier alpha value is -2.32. The van der Waals surface area contributed by atoms with Crippen LogP contribution in [0.15, 0.2) is 30.5 Å². The number of benzene rings is 1. The van der Waals surface area contributed by atoms with Crippen LogP contribution in [0.2, 0.25) is 0 Å². The Balaban J connectivity index is 1.94. The number of esters is 1. The normalized spacial score (nSPS) is 17.6. The zero-order chi connectivity index (χ0) is 20.5. The molecular weight excluding hydrogens is 359 g/mol. The molecule has 1 aliphatic rings. The number of rotatable bonds is 6. The van der Waals surface area contributed by atoms with Crippen molar-refractivity contribution in [1.29, 1.82) is 0 Å². The Kier molecular flexibility index (Phi) is 5.54. The van der Waals surface area contributed by atoms with Crippen molar-refractivity contribution in [1.82, 2.24) is 9.78 Å². The van der Waals surface area contributed by atoms with Crippen LogP contribution in [0.3, 0.4) is 0 Å². The maximum atomic E-state index is 12.7. The minimum absolute atomic E-state index is 0.273. The molecule has 3 rings (SSSR count). The van der Waals surface area contributed by atoms with Crippen LogP contribution in [-0.4, -0.2) is 47.8 Å². The molecule has 0 saturated carbocycles. The van der Waals surface area contributed by atoms with Gasteiger partial charge in [-0.15, -0.1) is 0 Å². The van der Waals surface area contributed by atoms with Gasteiger partial charge >= 0.3 is 13.1 Å². The third kappa shape index (κ3) is 3.79. The van der Waals surface area contributed by atoms with Crippen molar-refractivity contribution in [2.24, 2.45) is 0 Å². The molecule has 0 radical (unpaired) electrons. The van der Waals surface area contributed by atoms with Gasteiger partial charge < -0.3 is 18.8 Å². The second-order valence-electron chi connectivity index (χ2n) is 7.76. The van der Waals surface area contributed by atoms with Gasteiger partial charge in [-0.05, 0) is 52.3 Å². The van der Waals surface area contributed by atoms with Gasteiger partial charge in [0.05, 0.1) is 31.5 Å². The highest BCUT2D eigenvalue weighted by Crippen LogP contribution is 2.36. The first-order chi connectivity index (χ1) is 13.2. The molecule has 0 atom stereocenters. The Morgan fingerprint density at radius 3 is 2.29 bits per heavy atom. The maximum absolute atomic E-state index is 12.7. The van der Waals surface area contributed by atoms with Crippen LogP contribution in [0.1, 0.15) is 50.7 Å². The Bertz CT molecular complexity index is 829. The molecule has 7 nitrogen and oxygen atoms in total. The lowest BCUT2D eigenvalue weighted by Gasteiger charge is -2.32. The minimum Gasteiger partial charge on any atom is -0.497 e. The number of ether oxygens (including phenoxy) is 2. The summed E-state index contributed by atoms with van der Waals surface area (Å²) >= 11 is 0. The number of hydrogen-bond donors (Lipinski definition) is 0. The molecule has 8 heteroatoms. The third-order valence-electron chi connectivity index (χ3n) is 5.34. The summed E-state index contributed by atoms with van der Waals surface area (Å²) in [6, 6.07) is 7.61. The number of methoxy groups -OCH3 is 1. The Morgan fingerprint density at radius 1 is 1.14 bits per heavy atom. The van der Waals surface area contributed by atoms with Crippen molar-refractivity contribution in [2.45, 2.75) is 52.4 Å². The standard InChI is InChI=1S/C20H27BN2O5/c1-7-26-18(24)17-16(21-27-19(2,3)20(4,5)28-21)12-22-23(17)13-14-8-10-15(25-6)11-9-14/h8-12H,7,13H2,1-6H3. The van der Waals surface area contributed by atoms with Gasteiger partial charge in [0.1, 0.15) is 11.4 Å². The molecule has 2 aromatic rings. The van der Waals surface area contributed by atoms with E-state index in [0.29, 0.717) is 17.7 Å². The Labute approximate surface area is 166 Å². The first-order valence-electron chi connectivity index (χ1n) is 9.40. The van der Waals surface area contributed by atoms with Crippen molar-refractivity contribution < 1.29 is 23.6 Å². The van der Waals surface area contributed by atoms with Crippen molar-refractivity contribution >= 4 is 18.6 Å². The highest BCUT2D eigenvalue weighted by atomic mass is 16.7. The van der Waals surface area contributed by atoms with Gasteiger partial charge in [-0.1, -0.05) is 12.1 Å². The lowest BCUT2D eigenvalue weighted by molar-refractivity contribution is 0.00578. The molecule has 1 aromatic heterocycles. The summed E-state index contributed by atoms with van der Waals surface area (Å²) in [5, 5.41) is 4.42. The minimum atomic E-state index is -0.686. The van der Waals surface area contributed by atoms with E-state index in [2.05, 4.69) is 5.10 Å². The first kappa shape index (κ1) is 20.4. The highest BCUT2D eigenvalue weighted by molar-refractivity contribution is 6.63. The van der Waals surface area contributed by atoms with E-state index in [1.165, 1.54) is 0 Å². The van der Waals surface area contributed by atoms with Crippen LogP contribution in [0.4, 0.5) is 0 Å². The predicted octanol–water partition coefficient (Wildman–Crippen LogP) is 2.42. The van der Waals surface area contributed by atoms with Gasteiger partial charge in [0.15, 0.2) is 0 Å². The van der Waals surface area contributed by atoms with Crippen molar-refractivity contribution in [3.8, 4) is 5.75 Å². The molecule has 0 bridgehead atoms. The van der Waals surface area contributed by atoms with E-state index in [9.17, 15) is 4.79 Å². The molecule has 1 aromatic carbocycles. The van der Waals surface area contributed by atoms with E-state index in [-0.39, 0.29) is 6.61 Å². The van der Waals surface area contributed by atoms with E-state index < -0.39 is 24.3 Å². The molecule has 0 spiro atoms. The molecule has 1 saturated heterocycles. The monoisotopic (exact) mass is 386 g/mol. The van der Waals surface area contributed by atoms with E-state index >= 15 is 0 Å². The molecule has 0 N–H and O–H groups in total. The van der Waals surface area contributed by atoms with Crippen LogP contribution in [-0.2, 0) is 20.6 Å². The van der Waals surface area contributed by atoms with Crippen molar-refractivity contribution in [3.05, 3.63) is 41.7 Å². The predicted molar refractivity (Wildman–Crippen MR) is 106 cm³/mol. The zero-order valence-electron chi connectivity index (χ0n) is 17.3. The van der Waals surface area contributed by atoms with Gasteiger partial charge in [-0.3, -0.25) is 4.68 Å². The number of carbonyl (C=O) groups is 1. The second-order valence-corrected chi connectivity index (χ2v) is 7.76. The molecule has 0 aliphatic carbocycles. The highest BCUT2D eigenvalue weighted by Gasteiger charge is 2.53. The molecule has 1 aliphatic heterocycles. The quantitative estimate of drug-likeness (QED) is 0.561. The largest absolute Gasteiger partial charge is 0.498 e.